The van der Waals surface area contributed by atoms with Crippen molar-refractivity contribution in [1.82, 2.24) is 15.4 Å². The third-order valence-corrected chi connectivity index (χ3v) is 4.68. The van der Waals surface area contributed by atoms with Crippen molar-refractivity contribution in [2.75, 3.05) is 13.1 Å². The van der Waals surface area contributed by atoms with Crippen LogP contribution in [-0.4, -0.2) is 51.4 Å². The second kappa shape index (κ2) is 8.14. The molecule has 0 aromatic carbocycles. The fraction of sp³-hybridized carbons (Fsp3) is 0.632. The van der Waals surface area contributed by atoms with Gasteiger partial charge in [-0.15, -0.1) is 0 Å². The van der Waals surface area contributed by atoms with Gasteiger partial charge >= 0.3 is 5.97 Å². The maximum atomic E-state index is 13.0. The summed E-state index contributed by atoms with van der Waals surface area (Å²) in [5, 5.41) is 14.6. The van der Waals surface area contributed by atoms with Gasteiger partial charge in [0.2, 0.25) is 0 Å². The number of piperidine rings is 1. The summed E-state index contributed by atoms with van der Waals surface area (Å²) < 4.78 is 5.55. The maximum Gasteiger partial charge on any atom is 0.335 e. The molecule has 0 saturated carbocycles. The summed E-state index contributed by atoms with van der Waals surface area (Å²) in [5.41, 5.74) is -1.62. The number of hydroxylamine groups is 2. The first-order chi connectivity index (χ1) is 12.1. The molecule has 26 heavy (non-hydrogen) atoms. The lowest BCUT2D eigenvalue weighted by Crippen LogP contribution is -2.61. The van der Waals surface area contributed by atoms with Crippen LogP contribution in [0.4, 0.5) is 0 Å². The van der Waals surface area contributed by atoms with E-state index in [1.54, 1.807) is 52.1 Å². The zero-order valence-electron chi connectivity index (χ0n) is 16.0. The molecule has 1 aromatic heterocycles. The molecule has 1 aliphatic heterocycles. The number of nitrogens with zero attached hydrogens (tertiary/aromatic N) is 2. The van der Waals surface area contributed by atoms with E-state index in [0.29, 0.717) is 23.6 Å². The van der Waals surface area contributed by atoms with Crippen LogP contribution in [0.2, 0.25) is 0 Å². The molecule has 7 nitrogen and oxygen atoms in total. The fourth-order valence-electron chi connectivity index (χ4n) is 3.18. The van der Waals surface area contributed by atoms with Crippen molar-refractivity contribution in [3.63, 3.8) is 0 Å². The number of amides is 1. The highest BCUT2D eigenvalue weighted by molar-refractivity contribution is 5.88. The molecule has 1 aliphatic rings. The predicted molar refractivity (Wildman–Crippen MR) is 96.4 cm³/mol. The topological polar surface area (TPSA) is 91.8 Å². The number of nitrogens with one attached hydrogen (secondary N) is 1. The molecule has 2 N–H and O–H groups in total. The highest BCUT2D eigenvalue weighted by Gasteiger charge is 2.51. The van der Waals surface area contributed by atoms with Crippen LogP contribution in [0.1, 0.15) is 46.2 Å². The van der Waals surface area contributed by atoms with Crippen molar-refractivity contribution >= 4 is 11.9 Å². The molecule has 0 bridgehead atoms. The lowest BCUT2D eigenvalue weighted by molar-refractivity contribution is -0.220. The molecule has 144 valence electrons. The number of hydrogen-bond acceptors (Lipinski definition) is 6. The Balaban J connectivity index is 2.26. The Morgan fingerprint density at radius 1 is 1.27 bits per heavy atom. The third kappa shape index (κ3) is 4.80. The molecule has 0 aliphatic carbocycles. The molecule has 1 atom stereocenters. The number of rotatable bonds is 5. The largest absolute Gasteiger partial charge is 0.458 e. The molecule has 1 aromatic rings. The van der Waals surface area contributed by atoms with Gasteiger partial charge in [0.05, 0.1) is 6.42 Å². The van der Waals surface area contributed by atoms with Gasteiger partial charge in [-0.05, 0) is 71.7 Å². The second-order valence-electron chi connectivity index (χ2n) is 7.88. The number of carbonyl (C=O) groups is 2. The van der Waals surface area contributed by atoms with Crippen LogP contribution < -0.4 is 5.32 Å². The number of hydrogen-bond donors (Lipinski definition) is 2. The number of ether oxygens (including phenoxy) is 1. The molecule has 0 radical (unpaired) electrons. The van der Waals surface area contributed by atoms with E-state index in [1.807, 2.05) is 0 Å². The van der Waals surface area contributed by atoms with Gasteiger partial charge in [0, 0.05) is 11.9 Å². The minimum atomic E-state index is -1.44. The average molecular weight is 363 g/mol. The normalized spacial score (nSPS) is 18.0. The maximum absolute atomic E-state index is 13.0. The summed E-state index contributed by atoms with van der Waals surface area (Å²) in [7, 11) is 0. The van der Waals surface area contributed by atoms with E-state index >= 15 is 0 Å². The minimum absolute atomic E-state index is 0.0826. The Morgan fingerprint density at radius 2 is 1.92 bits per heavy atom. The van der Waals surface area contributed by atoms with Crippen LogP contribution in [0.5, 0.6) is 0 Å². The van der Waals surface area contributed by atoms with Gasteiger partial charge in [0.1, 0.15) is 5.60 Å². The van der Waals surface area contributed by atoms with Gasteiger partial charge in [0.25, 0.3) is 5.91 Å². The monoisotopic (exact) mass is 363 g/mol. The highest BCUT2D eigenvalue weighted by atomic mass is 16.6. The molecule has 1 fully saturated rings. The molecule has 1 unspecified atom stereocenters. The molecule has 1 amide bonds. The molecule has 2 heterocycles. The standard InChI is InChI=1S/C19H29N3O4/c1-18(2,3)26-17(24)19(4,14-8-11-20-12-9-14)22(25)16(23)13-15-7-5-6-10-21-15/h5-7,10,14,20,25H,8-9,11-13H2,1-4H3. The minimum Gasteiger partial charge on any atom is -0.458 e. The first-order valence-corrected chi connectivity index (χ1v) is 9.00. The van der Waals surface area contributed by atoms with Crippen molar-refractivity contribution in [1.29, 1.82) is 0 Å². The van der Waals surface area contributed by atoms with Crippen LogP contribution in [0.3, 0.4) is 0 Å². The first kappa shape index (κ1) is 20.3. The number of aromatic nitrogens is 1. The van der Waals surface area contributed by atoms with Crippen molar-refractivity contribution in [2.24, 2.45) is 5.92 Å². The molecule has 2 rings (SSSR count). The Morgan fingerprint density at radius 3 is 2.46 bits per heavy atom. The third-order valence-electron chi connectivity index (χ3n) is 4.68. The van der Waals surface area contributed by atoms with E-state index in [1.165, 1.54) is 0 Å². The fourth-order valence-corrected chi connectivity index (χ4v) is 3.18. The van der Waals surface area contributed by atoms with Crippen molar-refractivity contribution in [3.05, 3.63) is 30.1 Å². The quantitative estimate of drug-likeness (QED) is 0.472. The lowest BCUT2D eigenvalue weighted by atomic mass is 9.78. The second-order valence-corrected chi connectivity index (χ2v) is 7.88. The Labute approximate surface area is 154 Å². The summed E-state index contributed by atoms with van der Waals surface area (Å²) >= 11 is 0. The van der Waals surface area contributed by atoms with Crippen molar-refractivity contribution in [3.8, 4) is 0 Å². The van der Waals surface area contributed by atoms with E-state index in [0.717, 1.165) is 13.1 Å². The SMILES string of the molecule is CC(C)(C)OC(=O)C(C)(C1CCNCC1)N(O)C(=O)Cc1ccccn1. The summed E-state index contributed by atoms with van der Waals surface area (Å²) in [6.07, 6.45) is 2.85. The van der Waals surface area contributed by atoms with Gasteiger partial charge in [-0.1, -0.05) is 6.07 Å². The van der Waals surface area contributed by atoms with Crippen molar-refractivity contribution < 1.29 is 19.5 Å². The highest BCUT2D eigenvalue weighted by Crippen LogP contribution is 2.33. The zero-order chi connectivity index (χ0) is 19.4. The molecule has 1 saturated heterocycles. The van der Waals surface area contributed by atoms with Gasteiger partial charge in [-0.3, -0.25) is 15.0 Å². The molecular weight excluding hydrogens is 334 g/mol. The van der Waals surface area contributed by atoms with Crippen LogP contribution in [-0.2, 0) is 20.7 Å². The summed E-state index contributed by atoms with van der Waals surface area (Å²) in [5.74, 6) is -1.36. The zero-order valence-corrected chi connectivity index (χ0v) is 16.0. The van der Waals surface area contributed by atoms with Gasteiger partial charge in [-0.25, -0.2) is 9.86 Å². The summed E-state index contributed by atoms with van der Waals surface area (Å²) in [4.78, 5) is 29.8. The molecular formula is C19H29N3O4. The lowest BCUT2D eigenvalue weighted by Gasteiger charge is -2.43. The van der Waals surface area contributed by atoms with Gasteiger partial charge in [-0.2, -0.15) is 0 Å². The Kier molecular flexibility index (Phi) is 6.36. The average Bonchev–Trinajstić information content (AvgIpc) is 2.60. The smallest absolute Gasteiger partial charge is 0.335 e. The van der Waals surface area contributed by atoms with Crippen LogP contribution >= 0.6 is 0 Å². The van der Waals surface area contributed by atoms with E-state index in [4.69, 9.17) is 4.74 Å². The molecule has 0 spiro atoms. The number of esters is 1. The van der Waals surface area contributed by atoms with Gasteiger partial charge in [0.15, 0.2) is 5.54 Å². The summed E-state index contributed by atoms with van der Waals surface area (Å²) in [6, 6.07) is 5.24. The Hall–Kier alpha value is -1.99. The number of pyridine rings is 1. The van der Waals surface area contributed by atoms with E-state index < -0.39 is 23.0 Å². The first-order valence-electron chi connectivity index (χ1n) is 9.00. The predicted octanol–water partition coefficient (Wildman–Crippen LogP) is 1.94. The van der Waals surface area contributed by atoms with Crippen LogP contribution in [0, 0.1) is 5.92 Å². The van der Waals surface area contributed by atoms with Crippen molar-refractivity contribution in [2.45, 2.75) is 58.1 Å². The van der Waals surface area contributed by atoms with Crippen LogP contribution in [0.15, 0.2) is 24.4 Å². The summed E-state index contributed by atoms with van der Waals surface area (Å²) in [6.45, 7) is 8.35. The Bertz CT molecular complexity index is 623. The van der Waals surface area contributed by atoms with E-state index in [9.17, 15) is 14.8 Å². The molecule has 7 heteroatoms. The van der Waals surface area contributed by atoms with Crippen LogP contribution in [0.25, 0.3) is 0 Å². The van der Waals surface area contributed by atoms with E-state index in [2.05, 4.69) is 10.3 Å². The number of carbonyl (C=O) groups excluding carboxylic acids is 2. The van der Waals surface area contributed by atoms with E-state index in [-0.39, 0.29) is 12.3 Å². The van der Waals surface area contributed by atoms with Gasteiger partial charge < -0.3 is 10.1 Å².